The highest BCUT2D eigenvalue weighted by molar-refractivity contribution is 6.28. The van der Waals surface area contributed by atoms with Gasteiger partial charge >= 0.3 is 0 Å². The van der Waals surface area contributed by atoms with Crippen molar-refractivity contribution in [2.45, 2.75) is 18.9 Å². The van der Waals surface area contributed by atoms with Crippen LogP contribution in [-0.4, -0.2) is 33.7 Å². The summed E-state index contributed by atoms with van der Waals surface area (Å²) in [5.74, 6) is 0.452. The van der Waals surface area contributed by atoms with Gasteiger partial charge in [0.1, 0.15) is 6.04 Å². The first-order valence-corrected chi connectivity index (χ1v) is 5.03. The zero-order chi connectivity index (χ0) is 10.7. The van der Waals surface area contributed by atoms with E-state index in [-0.39, 0.29) is 17.2 Å². The molecule has 1 atom stereocenters. The molecule has 1 saturated heterocycles. The highest BCUT2D eigenvalue weighted by Crippen LogP contribution is 2.10. The summed E-state index contributed by atoms with van der Waals surface area (Å²) in [5.41, 5.74) is 0. The number of hydrogen-bond donors (Lipinski definition) is 2. The van der Waals surface area contributed by atoms with Gasteiger partial charge in [0.05, 0.1) is 6.20 Å². The van der Waals surface area contributed by atoms with Crippen LogP contribution in [0.2, 0.25) is 5.28 Å². The number of aromatic nitrogens is 3. The van der Waals surface area contributed by atoms with Gasteiger partial charge in [0, 0.05) is 6.54 Å². The van der Waals surface area contributed by atoms with Crippen LogP contribution in [0.3, 0.4) is 0 Å². The van der Waals surface area contributed by atoms with E-state index in [1.54, 1.807) is 0 Å². The summed E-state index contributed by atoms with van der Waals surface area (Å²) in [7, 11) is 0. The fourth-order valence-electron chi connectivity index (χ4n) is 1.44. The summed E-state index contributed by atoms with van der Waals surface area (Å²) in [6, 6.07) is -0.258. The SMILES string of the molecule is O=C1NCCCC1Nc1cnnc(Cl)n1. The minimum Gasteiger partial charge on any atom is -0.357 e. The Kier molecular flexibility index (Phi) is 2.96. The van der Waals surface area contributed by atoms with Crippen LogP contribution in [0.25, 0.3) is 0 Å². The van der Waals surface area contributed by atoms with Gasteiger partial charge in [0.15, 0.2) is 5.82 Å². The van der Waals surface area contributed by atoms with Crippen molar-refractivity contribution in [3.63, 3.8) is 0 Å². The Balaban J connectivity index is 2.04. The van der Waals surface area contributed by atoms with E-state index in [0.29, 0.717) is 5.82 Å². The third-order valence-corrected chi connectivity index (χ3v) is 2.30. The van der Waals surface area contributed by atoms with E-state index in [4.69, 9.17) is 11.6 Å². The normalized spacial score (nSPS) is 20.9. The second kappa shape index (κ2) is 4.39. The molecule has 1 unspecified atom stereocenters. The maximum atomic E-state index is 11.4. The molecule has 1 aliphatic rings. The van der Waals surface area contributed by atoms with Gasteiger partial charge in [-0.25, -0.2) is 0 Å². The lowest BCUT2D eigenvalue weighted by Crippen LogP contribution is -2.44. The number of carbonyl (C=O) groups is 1. The van der Waals surface area contributed by atoms with Crippen molar-refractivity contribution in [2.24, 2.45) is 0 Å². The molecule has 1 amide bonds. The van der Waals surface area contributed by atoms with E-state index in [0.717, 1.165) is 19.4 Å². The average Bonchev–Trinajstić information content (AvgIpc) is 2.22. The molecule has 2 N–H and O–H groups in total. The molecule has 1 aromatic heterocycles. The topological polar surface area (TPSA) is 79.8 Å². The quantitative estimate of drug-likeness (QED) is 0.755. The largest absolute Gasteiger partial charge is 0.357 e. The van der Waals surface area contributed by atoms with Crippen LogP contribution in [0.5, 0.6) is 0 Å². The molecular weight excluding hydrogens is 218 g/mol. The third-order valence-electron chi connectivity index (χ3n) is 2.14. The molecule has 1 aromatic rings. The van der Waals surface area contributed by atoms with E-state index in [1.807, 2.05) is 0 Å². The summed E-state index contributed by atoms with van der Waals surface area (Å²) in [5, 5.41) is 12.9. The zero-order valence-corrected chi connectivity index (χ0v) is 8.66. The van der Waals surface area contributed by atoms with E-state index in [1.165, 1.54) is 6.20 Å². The Morgan fingerprint density at radius 1 is 1.60 bits per heavy atom. The average molecular weight is 228 g/mol. The number of nitrogens with zero attached hydrogens (tertiary/aromatic N) is 3. The molecule has 1 fully saturated rings. The second-order valence-electron chi connectivity index (χ2n) is 3.24. The fraction of sp³-hybridized carbons (Fsp3) is 0.500. The Hall–Kier alpha value is -1.43. The van der Waals surface area contributed by atoms with Crippen LogP contribution in [0.4, 0.5) is 5.82 Å². The Bertz CT molecular complexity index is 372. The maximum Gasteiger partial charge on any atom is 0.244 e. The molecule has 80 valence electrons. The van der Waals surface area contributed by atoms with Crippen molar-refractivity contribution in [2.75, 3.05) is 11.9 Å². The minimum atomic E-state index is -0.258. The summed E-state index contributed by atoms with van der Waals surface area (Å²) < 4.78 is 0. The van der Waals surface area contributed by atoms with Crippen molar-refractivity contribution in [1.29, 1.82) is 0 Å². The van der Waals surface area contributed by atoms with Crippen LogP contribution in [-0.2, 0) is 4.79 Å². The molecule has 0 radical (unpaired) electrons. The number of rotatable bonds is 2. The fourth-order valence-corrected chi connectivity index (χ4v) is 1.57. The first kappa shape index (κ1) is 10.1. The molecule has 15 heavy (non-hydrogen) atoms. The van der Waals surface area contributed by atoms with Crippen molar-refractivity contribution in [3.8, 4) is 0 Å². The number of anilines is 1. The Labute approximate surface area is 91.4 Å². The van der Waals surface area contributed by atoms with Gasteiger partial charge in [0.25, 0.3) is 0 Å². The van der Waals surface area contributed by atoms with Crippen molar-refractivity contribution >= 4 is 23.3 Å². The molecular formula is C8H10ClN5O. The summed E-state index contributed by atoms with van der Waals surface area (Å²) in [6.07, 6.45) is 3.18. The summed E-state index contributed by atoms with van der Waals surface area (Å²) in [4.78, 5) is 15.3. The smallest absolute Gasteiger partial charge is 0.244 e. The highest BCUT2D eigenvalue weighted by Gasteiger charge is 2.21. The lowest BCUT2D eigenvalue weighted by Gasteiger charge is -2.22. The monoisotopic (exact) mass is 227 g/mol. The number of nitrogens with one attached hydrogen (secondary N) is 2. The van der Waals surface area contributed by atoms with Gasteiger partial charge in [-0.2, -0.15) is 10.1 Å². The number of carbonyl (C=O) groups excluding carboxylic acids is 1. The predicted molar refractivity (Wildman–Crippen MR) is 54.5 cm³/mol. The Morgan fingerprint density at radius 3 is 3.20 bits per heavy atom. The van der Waals surface area contributed by atoms with Crippen LogP contribution >= 0.6 is 11.6 Å². The number of piperidine rings is 1. The maximum absolute atomic E-state index is 11.4. The van der Waals surface area contributed by atoms with Gasteiger partial charge in [-0.15, -0.1) is 5.10 Å². The number of amides is 1. The highest BCUT2D eigenvalue weighted by atomic mass is 35.5. The molecule has 0 aliphatic carbocycles. The first-order chi connectivity index (χ1) is 7.25. The van der Waals surface area contributed by atoms with Gasteiger partial charge in [0.2, 0.25) is 11.2 Å². The molecule has 2 heterocycles. The third kappa shape index (κ3) is 2.53. The van der Waals surface area contributed by atoms with Gasteiger partial charge in [-0.1, -0.05) is 0 Å². The van der Waals surface area contributed by atoms with Crippen LogP contribution in [0.1, 0.15) is 12.8 Å². The predicted octanol–water partition coefficient (Wildman–Crippen LogP) is 0.215. The first-order valence-electron chi connectivity index (χ1n) is 4.65. The van der Waals surface area contributed by atoms with Crippen LogP contribution in [0.15, 0.2) is 6.20 Å². The molecule has 0 aromatic carbocycles. The number of hydrogen-bond acceptors (Lipinski definition) is 5. The van der Waals surface area contributed by atoms with E-state index in [9.17, 15) is 4.79 Å². The van der Waals surface area contributed by atoms with Crippen LogP contribution in [0, 0.1) is 0 Å². The molecule has 0 saturated carbocycles. The van der Waals surface area contributed by atoms with E-state index in [2.05, 4.69) is 25.8 Å². The Morgan fingerprint density at radius 2 is 2.47 bits per heavy atom. The summed E-state index contributed by atoms with van der Waals surface area (Å²) >= 11 is 5.57. The second-order valence-corrected chi connectivity index (χ2v) is 3.58. The lowest BCUT2D eigenvalue weighted by atomic mass is 10.1. The molecule has 6 nitrogen and oxygen atoms in total. The molecule has 0 bridgehead atoms. The van der Waals surface area contributed by atoms with E-state index < -0.39 is 0 Å². The zero-order valence-electron chi connectivity index (χ0n) is 7.90. The van der Waals surface area contributed by atoms with Crippen LogP contribution < -0.4 is 10.6 Å². The molecule has 7 heteroatoms. The van der Waals surface area contributed by atoms with Crippen molar-refractivity contribution < 1.29 is 4.79 Å². The van der Waals surface area contributed by atoms with E-state index >= 15 is 0 Å². The number of halogens is 1. The van der Waals surface area contributed by atoms with Crippen molar-refractivity contribution in [1.82, 2.24) is 20.5 Å². The van der Waals surface area contributed by atoms with Gasteiger partial charge < -0.3 is 10.6 Å². The summed E-state index contributed by atoms with van der Waals surface area (Å²) in [6.45, 7) is 0.736. The lowest BCUT2D eigenvalue weighted by molar-refractivity contribution is -0.123. The molecule has 1 aliphatic heterocycles. The molecule has 0 spiro atoms. The minimum absolute atomic E-state index is 0.0176. The van der Waals surface area contributed by atoms with Crippen molar-refractivity contribution in [3.05, 3.63) is 11.5 Å². The van der Waals surface area contributed by atoms with Gasteiger partial charge in [-0.05, 0) is 24.4 Å². The standard InChI is InChI=1S/C8H10ClN5O/c9-8-13-6(4-11-14-8)12-5-2-1-3-10-7(5)15/h4-5H,1-3H2,(H,10,15)(H,12,13,14). The van der Waals surface area contributed by atoms with Gasteiger partial charge in [-0.3, -0.25) is 4.79 Å². The molecule has 2 rings (SSSR count).